The van der Waals surface area contributed by atoms with Gasteiger partial charge < -0.3 is 36.5 Å². The molecule has 1 aliphatic heterocycles. The molecule has 0 aliphatic carbocycles. The van der Waals surface area contributed by atoms with E-state index in [1.807, 2.05) is 24.3 Å². The van der Waals surface area contributed by atoms with Gasteiger partial charge >= 0.3 is 5.97 Å². The average Bonchev–Trinajstić information content (AvgIpc) is 3.43. The second-order valence-electron chi connectivity index (χ2n) is 8.14. The number of aromatic amines is 1. The number of carboxylic acid groups (broad SMARTS) is 1. The van der Waals surface area contributed by atoms with Crippen molar-refractivity contribution in [3.05, 3.63) is 36.0 Å². The Balaban J connectivity index is 1.73. The summed E-state index contributed by atoms with van der Waals surface area (Å²) in [4.78, 5) is 53.9. The van der Waals surface area contributed by atoms with Crippen molar-refractivity contribution in [2.75, 3.05) is 13.1 Å². The number of aliphatic hydroxyl groups excluding tert-OH is 1. The lowest BCUT2D eigenvalue weighted by molar-refractivity contribution is -0.145. The van der Waals surface area contributed by atoms with Crippen molar-refractivity contribution in [1.82, 2.24) is 20.5 Å². The van der Waals surface area contributed by atoms with Gasteiger partial charge in [0.15, 0.2) is 0 Å². The molecule has 0 saturated carbocycles. The molecule has 4 atom stereocenters. The first kappa shape index (κ1) is 24.2. The van der Waals surface area contributed by atoms with Crippen LogP contribution in [0.1, 0.15) is 25.3 Å². The van der Waals surface area contributed by atoms with Crippen LogP contribution in [0.3, 0.4) is 0 Å². The van der Waals surface area contributed by atoms with Crippen LogP contribution in [-0.4, -0.2) is 81.1 Å². The number of nitrogens with one attached hydrogen (secondary N) is 3. The van der Waals surface area contributed by atoms with Crippen LogP contribution in [0.15, 0.2) is 30.5 Å². The van der Waals surface area contributed by atoms with Gasteiger partial charge in [-0.3, -0.25) is 14.4 Å². The Kier molecular flexibility index (Phi) is 7.67. The highest BCUT2D eigenvalue weighted by atomic mass is 16.4. The van der Waals surface area contributed by atoms with Crippen LogP contribution in [0.5, 0.6) is 0 Å². The fourth-order valence-corrected chi connectivity index (χ4v) is 4.09. The lowest BCUT2D eigenvalue weighted by Crippen LogP contribution is -2.58. The van der Waals surface area contributed by atoms with Gasteiger partial charge in [0.2, 0.25) is 17.7 Å². The summed E-state index contributed by atoms with van der Waals surface area (Å²) in [5.41, 5.74) is 6.89. The molecule has 11 nitrogen and oxygen atoms in total. The van der Waals surface area contributed by atoms with Crippen molar-refractivity contribution in [3.63, 3.8) is 0 Å². The number of rotatable bonds is 9. The van der Waals surface area contributed by atoms with Crippen LogP contribution in [0.2, 0.25) is 0 Å². The molecule has 1 aliphatic rings. The second kappa shape index (κ2) is 10.5. The van der Waals surface area contributed by atoms with E-state index in [1.54, 1.807) is 6.20 Å². The van der Waals surface area contributed by atoms with Gasteiger partial charge in [0.05, 0.1) is 12.6 Å². The van der Waals surface area contributed by atoms with Crippen molar-refractivity contribution < 1.29 is 29.4 Å². The zero-order valence-corrected chi connectivity index (χ0v) is 18.3. The fraction of sp³-hybridized carbons (Fsp3) is 0.455. The van der Waals surface area contributed by atoms with Gasteiger partial charge in [-0.2, -0.15) is 0 Å². The molecule has 2 aromatic rings. The summed E-state index contributed by atoms with van der Waals surface area (Å²) < 4.78 is 0. The maximum atomic E-state index is 13.0. The van der Waals surface area contributed by atoms with Gasteiger partial charge in [-0.05, 0) is 31.4 Å². The van der Waals surface area contributed by atoms with Gasteiger partial charge in [0, 0.05) is 30.1 Å². The minimum absolute atomic E-state index is 0.0641. The van der Waals surface area contributed by atoms with Crippen LogP contribution in [0, 0.1) is 0 Å². The molecular weight excluding hydrogens is 430 g/mol. The predicted molar refractivity (Wildman–Crippen MR) is 119 cm³/mol. The largest absolute Gasteiger partial charge is 0.480 e. The van der Waals surface area contributed by atoms with E-state index in [2.05, 4.69) is 15.6 Å². The smallest absolute Gasteiger partial charge is 0.326 e. The molecule has 0 bridgehead atoms. The molecule has 4 unspecified atom stereocenters. The molecule has 1 saturated heterocycles. The number of H-pyrrole nitrogens is 1. The molecular formula is C22H29N5O6. The van der Waals surface area contributed by atoms with E-state index in [0.717, 1.165) is 16.5 Å². The van der Waals surface area contributed by atoms with Gasteiger partial charge in [-0.25, -0.2) is 4.79 Å². The van der Waals surface area contributed by atoms with Crippen molar-refractivity contribution in [1.29, 1.82) is 0 Å². The number of hydrogen-bond acceptors (Lipinski definition) is 6. The number of carboxylic acids is 1. The maximum Gasteiger partial charge on any atom is 0.326 e. The Morgan fingerprint density at radius 3 is 2.64 bits per heavy atom. The quantitative estimate of drug-likeness (QED) is 0.281. The number of carbonyl (C=O) groups excluding carboxylic acids is 3. The minimum atomic E-state index is -1.25. The topological polar surface area (TPSA) is 178 Å². The normalized spacial score (nSPS) is 18.5. The summed E-state index contributed by atoms with van der Waals surface area (Å²) in [6.45, 7) is 1.25. The van der Waals surface area contributed by atoms with Crippen LogP contribution < -0.4 is 16.4 Å². The number of likely N-dealkylation sites (tertiary alicyclic amines) is 1. The molecule has 3 rings (SSSR count). The number of benzene rings is 1. The van der Waals surface area contributed by atoms with Gasteiger partial charge in [-0.1, -0.05) is 18.2 Å². The van der Waals surface area contributed by atoms with Crippen LogP contribution in [0.4, 0.5) is 0 Å². The Bertz CT molecular complexity index is 1040. The molecule has 1 aromatic heterocycles. The van der Waals surface area contributed by atoms with E-state index in [4.69, 9.17) is 5.73 Å². The average molecular weight is 460 g/mol. The maximum absolute atomic E-state index is 13.0. The van der Waals surface area contributed by atoms with Crippen molar-refractivity contribution in [3.8, 4) is 0 Å². The summed E-state index contributed by atoms with van der Waals surface area (Å²) in [5, 5.41) is 25.5. The fourth-order valence-electron chi connectivity index (χ4n) is 4.09. The molecule has 1 aromatic carbocycles. The molecule has 2 heterocycles. The van der Waals surface area contributed by atoms with E-state index in [-0.39, 0.29) is 19.5 Å². The van der Waals surface area contributed by atoms with E-state index in [1.165, 1.54) is 11.8 Å². The van der Waals surface area contributed by atoms with Crippen molar-refractivity contribution in [2.24, 2.45) is 5.73 Å². The first-order chi connectivity index (χ1) is 15.7. The number of carbonyl (C=O) groups is 4. The summed E-state index contributed by atoms with van der Waals surface area (Å²) >= 11 is 0. The third kappa shape index (κ3) is 5.49. The van der Waals surface area contributed by atoms with Crippen LogP contribution >= 0.6 is 0 Å². The highest BCUT2D eigenvalue weighted by Gasteiger charge is 2.40. The molecule has 0 radical (unpaired) electrons. The van der Waals surface area contributed by atoms with Crippen molar-refractivity contribution >= 4 is 34.6 Å². The number of amides is 3. The Labute approximate surface area is 190 Å². The van der Waals surface area contributed by atoms with Crippen LogP contribution in [-0.2, 0) is 25.6 Å². The summed E-state index contributed by atoms with van der Waals surface area (Å²) in [7, 11) is 0. The first-order valence-electron chi connectivity index (χ1n) is 10.8. The summed E-state index contributed by atoms with van der Waals surface area (Å²) in [6, 6.07) is 4.09. The lowest BCUT2D eigenvalue weighted by atomic mass is 10.0. The third-order valence-corrected chi connectivity index (χ3v) is 5.80. The molecule has 178 valence electrons. The molecule has 3 amide bonds. The molecule has 33 heavy (non-hydrogen) atoms. The van der Waals surface area contributed by atoms with Gasteiger partial charge in [0.25, 0.3) is 0 Å². The number of aliphatic hydroxyl groups is 1. The van der Waals surface area contributed by atoms with Gasteiger partial charge in [-0.15, -0.1) is 0 Å². The number of nitrogens with two attached hydrogens (primary N) is 1. The number of aromatic nitrogens is 1. The SMILES string of the molecule is CC(O)C(NC(=O)CN)C(=O)N1CCCC1C(=O)NC(Cc1c[nH]c2ccccc12)C(=O)O. The van der Waals surface area contributed by atoms with E-state index in [0.29, 0.717) is 12.8 Å². The third-order valence-electron chi connectivity index (χ3n) is 5.80. The number of aliphatic carboxylic acids is 1. The number of nitrogens with zero attached hydrogens (tertiary/aromatic N) is 1. The summed E-state index contributed by atoms with van der Waals surface area (Å²) in [5.74, 6) is -3.02. The highest BCUT2D eigenvalue weighted by Crippen LogP contribution is 2.21. The number of fused-ring (bicyclic) bond motifs is 1. The predicted octanol–water partition coefficient (Wildman–Crippen LogP) is -0.905. The Morgan fingerprint density at radius 1 is 1.24 bits per heavy atom. The lowest BCUT2D eigenvalue weighted by Gasteiger charge is -2.30. The molecule has 7 N–H and O–H groups in total. The zero-order valence-electron chi connectivity index (χ0n) is 18.3. The zero-order chi connectivity index (χ0) is 24.1. The minimum Gasteiger partial charge on any atom is -0.480 e. The van der Waals surface area contributed by atoms with Crippen molar-refractivity contribution in [2.45, 2.75) is 50.4 Å². The van der Waals surface area contributed by atoms with E-state index < -0.39 is 47.9 Å². The highest BCUT2D eigenvalue weighted by molar-refractivity contribution is 5.94. The van der Waals surface area contributed by atoms with E-state index in [9.17, 15) is 29.4 Å². The summed E-state index contributed by atoms with van der Waals surface area (Å²) in [6.07, 6.45) is 1.45. The Hall–Kier alpha value is -3.44. The monoisotopic (exact) mass is 459 g/mol. The van der Waals surface area contributed by atoms with E-state index >= 15 is 0 Å². The first-order valence-corrected chi connectivity index (χ1v) is 10.8. The standard InChI is InChI=1S/C22H29N5O6/c1-12(28)19(26-18(29)10-23)21(31)27-8-4-7-17(27)20(30)25-16(22(32)33)9-13-11-24-15-6-3-2-5-14(13)15/h2-3,5-6,11-12,16-17,19,24,28H,4,7-10,23H2,1H3,(H,25,30)(H,26,29)(H,32,33). The molecule has 0 spiro atoms. The number of para-hydroxylation sites is 1. The van der Waals surface area contributed by atoms with Gasteiger partial charge in [0.1, 0.15) is 18.1 Å². The second-order valence-corrected chi connectivity index (χ2v) is 8.14. The molecule has 1 fully saturated rings. The number of hydrogen-bond donors (Lipinski definition) is 6. The molecule has 11 heteroatoms. The Morgan fingerprint density at radius 2 is 1.97 bits per heavy atom. The van der Waals surface area contributed by atoms with Crippen LogP contribution in [0.25, 0.3) is 10.9 Å².